The van der Waals surface area contributed by atoms with Gasteiger partial charge in [-0.3, -0.25) is 4.79 Å². The van der Waals surface area contributed by atoms with Crippen LogP contribution in [0.4, 0.5) is 5.69 Å². The van der Waals surface area contributed by atoms with Crippen LogP contribution in [0.2, 0.25) is 0 Å². The number of amides is 1. The zero-order valence-electron chi connectivity index (χ0n) is 17.2. The lowest BCUT2D eigenvalue weighted by atomic mass is 9.95. The highest BCUT2D eigenvalue weighted by Gasteiger charge is 2.32. The number of hydrogen-bond acceptors (Lipinski definition) is 4. The van der Waals surface area contributed by atoms with Crippen molar-refractivity contribution < 1.29 is 14.4 Å². The van der Waals surface area contributed by atoms with Gasteiger partial charge < -0.3 is 9.74 Å². The Kier molecular flexibility index (Phi) is 7.09. The summed E-state index contributed by atoms with van der Waals surface area (Å²) in [6, 6.07) is 6.15. The van der Waals surface area contributed by atoms with Gasteiger partial charge in [0.2, 0.25) is 5.91 Å². The molecule has 0 radical (unpaired) electrons. The van der Waals surface area contributed by atoms with E-state index in [2.05, 4.69) is 41.9 Å². The Bertz CT molecular complexity index is 689. The summed E-state index contributed by atoms with van der Waals surface area (Å²) in [7, 11) is 1.82. The predicted octanol–water partition coefficient (Wildman–Crippen LogP) is 4.75. The monoisotopic (exact) mass is 438 g/mol. The quantitative estimate of drug-likeness (QED) is 0.680. The number of anilines is 1. The molecule has 0 atom stereocenters. The number of carbonyl (C=O) groups is 2. The average Bonchev–Trinajstić information content (AvgIpc) is 2.60. The minimum atomic E-state index is -0.526. The Morgan fingerprint density at radius 3 is 2.30 bits per heavy atom. The first-order valence-corrected chi connectivity index (χ1v) is 10.3. The van der Waals surface area contributed by atoms with Gasteiger partial charge >= 0.3 is 5.97 Å². The van der Waals surface area contributed by atoms with Gasteiger partial charge in [-0.2, -0.15) is 0 Å². The topological polar surface area (TPSA) is 49.9 Å². The molecular weight excluding hydrogens is 408 g/mol. The van der Waals surface area contributed by atoms with Crippen molar-refractivity contribution in [3.63, 3.8) is 0 Å². The molecule has 0 aliphatic carbocycles. The lowest BCUT2D eigenvalue weighted by molar-refractivity contribution is -0.205. The summed E-state index contributed by atoms with van der Waals surface area (Å²) in [6.45, 7) is 11.0. The lowest BCUT2D eigenvalue weighted by Crippen LogP contribution is -2.43. The van der Waals surface area contributed by atoms with E-state index in [9.17, 15) is 9.59 Å². The third-order valence-corrected chi connectivity index (χ3v) is 5.59. The zero-order chi connectivity index (χ0) is 20.4. The standard InChI is InChI=1S/C21H31BrN2O3/c1-14(2)16-7-8-18(17(22)13-16)23(6)19(25)15-9-11-24(12-10-15)27-20(26)21(3,4)5/h7-8,13-15H,9-12H2,1-6H3. The van der Waals surface area contributed by atoms with Crippen LogP contribution in [-0.2, 0) is 14.4 Å². The van der Waals surface area contributed by atoms with Crippen molar-refractivity contribution in [2.45, 2.75) is 53.4 Å². The lowest BCUT2D eigenvalue weighted by Gasteiger charge is -2.33. The molecule has 1 aromatic carbocycles. The van der Waals surface area contributed by atoms with Gasteiger partial charge in [-0.05, 0) is 73.2 Å². The molecule has 27 heavy (non-hydrogen) atoms. The first-order valence-electron chi connectivity index (χ1n) is 9.55. The van der Waals surface area contributed by atoms with Gasteiger partial charge in [-0.1, -0.05) is 19.9 Å². The van der Waals surface area contributed by atoms with Gasteiger partial charge in [-0.25, -0.2) is 4.79 Å². The van der Waals surface area contributed by atoms with Crippen LogP contribution in [-0.4, -0.2) is 37.1 Å². The predicted molar refractivity (Wildman–Crippen MR) is 111 cm³/mol. The Morgan fingerprint density at radius 1 is 1.22 bits per heavy atom. The third kappa shape index (κ3) is 5.55. The first-order chi connectivity index (χ1) is 12.5. The maximum absolute atomic E-state index is 12.9. The molecular formula is C21H31BrN2O3. The SMILES string of the molecule is CC(C)c1ccc(N(C)C(=O)C2CCN(OC(=O)C(C)(C)C)CC2)c(Br)c1. The maximum atomic E-state index is 12.9. The van der Waals surface area contributed by atoms with Gasteiger partial charge in [0.05, 0.1) is 11.1 Å². The van der Waals surface area contributed by atoms with Crippen molar-refractivity contribution in [3.05, 3.63) is 28.2 Å². The molecule has 0 bridgehead atoms. The number of hydroxylamine groups is 2. The summed E-state index contributed by atoms with van der Waals surface area (Å²) in [4.78, 5) is 32.1. The Labute approximate surface area is 171 Å². The summed E-state index contributed by atoms with van der Waals surface area (Å²) >= 11 is 3.60. The van der Waals surface area contributed by atoms with Crippen molar-refractivity contribution in [2.75, 3.05) is 25.0 Å². The van der Waals surface area contributed by atoms with E-state index < -0.39 is 5.41 Å². The number of nitrogens with zero attached hydrogens (tertiary/aromatic N) is 2. The molecule has 1 saturated heterocycles. The number of benzene rings is 1. The summed E-state index contributed by atoms with van der Waals surface area (Å²) in [5.74, 6) is 0.251. The molecule has 1 aliphatic rings. The van der Waals surface area contributed by atoms with E-state index in [1.807, 2.05) is 33.9 Å². The molecule has 0 spiro atoms. The highest BCUT2D eigenvalue weighted by atomic mass is 79.9. The summed E-state index contributed by atoms with van der Waals surface area (Å²) in [5, 5.41) is 1.69. The van der Waals surface area contributed by atoms with E-state index in [1.54, 1.807) is 9.96 Å². The smallest absolute Gasteiger partial charge is 0.330 e. The summed E-state index contributed by atoms with van der Waals surface area (Å²) < 4.78 is 0.932. The number of rotatable bonds is 4. The van der Waals surface area contributed by atoms with Crippen LogP contribution in [0.5, 0.6) is 0 Å². The molecule has 5 nitrogen and oxygen atoms in total. The van der Waals surface area contributed by atoms with E-state index in [4.69, 9.17) is 4.84 Å². The molecule has 0 saturated carbocycles. The van der Waals surface area contributed by atoms with Gasteiger partial charge in [0, 0.05) is 30.5 Å². The highest BCUT2D eigenvalue weighted by Crippen LogP contribution is 2.31. The fourth-order valence-electron chi connectivity index (χ4n) is 3.00. The Hall–Kier alpha value is -1.40. The van der Waals surface area contributed by atoms with E-state index >= 15 is 0 Å². The van der Waals surface area contributed by atoms with Crippen LogP contribution in [0.3, 0.4) is 0 Å². The average molecular weight is 439 g/mol. The molecule has 0 unspecified atom stereocenters. The van der Waals surface area contributed by atoms with Crippen molar-refractivity contribution in [3.8, 4) is 0 Å². The van der Waals surface area contributed by atoms with E-state index in [1.165, 1.54) is 5.56 Å². The minimum absolute atomic E-state index is 0.0590. The Balaban J connectivity index is 1.96. The van der Waals surface area contributed by atoms with Crippen molar-refractivity contribution >= 4 is 33.5 Å². The third-order valence-electron chi connectivity index (χ3n) is 4.96. The van der Waals surface area contributed by atoms with Crippen molar-refractivity contribution in [1.29, 1.82) is 0 Å². The van der Waals surface area contributed by atoms with Gasteiger partial charge in [0.15, 0.2) is 0 Å². The molecule has 1 aliphatic heterocycles. The molecule has 0 N–H and O–H groups in total. The Morgan fingerprint density at radius 2 is 1.81 bits per heavy atom. The fourth-order valence-corrected chi connectivity index (χ4v) is 3.66. The fraction of sp³-hybridized carbons (Fsp3) is 0.619. The molecule has 1 fully saturated rings. The number of hydrogen-bond donors (Lipinski definition) is 0. The zero-order valence-corrected chi connectivity index (χ0v) is 18.8. The van der Waals surface area contributed by atoms with Crippen molar-refractivity contribution in [2.24, 2.45) is 11.3 Å². The number of carbonyl (C=O) groups excluding carboxylic acids is 2. The molecule has 2 rings (SSSR count). The second-order valence-electron chi connectivity index (χ2n) is 8.59. The van der Waals surface area contributed by atoms with Crippen LogP contribution < -0.4 is 4.90 Å². The van der Waals surface area contributed by atoms with E-state index in [0.29, 0.717) is 31.8 Å². The van der Waals surface area contributed by atoms with Crippen LogP contribution in [0.1, 0.15) is 58.9 Å². The molecule has 6 heteroatoms. The van der Waals surface area contributed by atoms with E-state index in [0.717, 1.165) is 10.2 Å². The van der Waals surface area contributed by atoms with Crippen LogP contribution in [0.25, 0.3) is 0 Å². The van der Waals surface area contributed by atoms with Gasteiger partial charge in [0.1, 0.15) is 0 Å². The van der Waals surface area contributed by atoms with Crippen LogP contribution in [0, 0.1) is 11.3 Å². The summed E-state index contributed by atoms with van der Waals surface area (Å²) in [5.41, 5.74) is 1.59. The van der Waals surface area contributed by atoms with Gasteiger partial charge in [0.25, 0.3) is 0 Å². The molecule has 1 aromatic rings. The largest absolute Gasteiger partial charge is 0.367 e. The van der Waals surface area contributed by atoms with Crippen LogP contribution >= 0.6 is 15.9 Å². The normalized spacial score (nSPS) is 16.4. The van der Waals surface area contributed by atoms with E-state index in [-0.39, 0.29) is 17.8 Å². The molecule has 1 heterocycles. The molecule has 150 valence electrons. The second kappa shape index (κ2) is 8.74. The molecule has 1 amide bonds. The van der Waals surface area contributed by atoms with Gasteiger partial charge in [-0.15, -0.1) is 5.06 Å². The highest BCUT2D eigenvalue weighted by molar-refractivity contribution is 9.10. The maximum Gasteiger partial charge on any atom is 0.330 e. The summed E-state index contributed by atoms with van der Waals surface area (Å²) in [6.07, 6.45) is 1.37. The van der Waals surface area contributed by atoms with Crippen LogP contribution in [0.15, 0.2) is 22.7 Å². The van der Waals surface area contributed by atoms with Crippen molar-refractivity contribution in [1.82, 2.24) is 5.06 Å². The minimum Gasteiger partial charge on any atom is -0.367 e. The number of piperidine rings is 1. The second-order valence-corrected chi connectivity index (χ2v) is 9.45. The first kappa shape index (κ1) is 21.9. The number of halogens is 1. The molecule has 0 aromatic heterocycles.